The maximum Gasteiger partial charge on any atom is 0.273 e. The van der Waals surface area contributed by atoms with Gasteiger partial charge in [0.15, 0.2) is 11.5 Å². The largest absolute Gasteiger partial charge is 0.485 e. The number of halogens is 1. The Morgan fingerprint density at radius 3 is 2.95 bits per heavy atom. The molecule has 1 amide bonds. The summed E-state index contributed by atoms with van der Waals surface area (Å²) < 4.78 is 10.5. The first-order chi connectivity index (χ1) is 9.10. The highest BCUT2D eigenvalue weighted by molar-refractivity contribution is 6.31. The minimum atomic E-state index is -0.298. The van der Waals surface area contributed by atoms with Gasteiger partial charge >= 0.3 is 0 Å². The second kappa shape index (κ2) is 5.75. The van der Waals surface area contributed by atoms with Gasteiger partial charge in [0.2, 0.25) is 0 Å². The molecule has 0 aliphatic heterocycles. The van der Waals surface area contributed by atoms with E-state index in [9.17, 15) is 4.79 Å². The highest BCUT2D eigenvalue weighted by atomic mass is 35.5. The molecule has 2 aromatic rings. The van der Waals surface area contributed by atoms with E-state index in [1.807, 2.05) is 19.1 Å². The fourth-order valence-corrected chi connectivity index (χ4v) is 1.60. The second-order valence-corrected chi connectivity index (χ2v) is 4.36. The molecular formula is C13H13ClN2O3. The van der Waals surface area contributed by atoms with Crippen LogP contribution in [-0.4, -0.2) is 18.1 Å². The molecule has 0 atom stereocenters. The third kappa shape index (κ3) is 3.26. The standard InChI is InChI=1S/C13H13ClN2O3/c1-8-3-4-9(5-11(8)14)18-7-10-6-12(16-19-10)13(17)15-2/h3-6H,7H2,1-2H3,(H,15,17). The van der Waals surface area contributed by atoms with E-state index in [1.165, 1.54) is 13.1 Å². The first-order valence-electron chi connectivity index (χ1n) is 5.67. The molecule has 6 heteroatoms. The lowest BCUT2D eigenvalue weighted by Crippen LogP contribution is -2.17. The summed E-state index contributed by atoms with van der Waals surface area (Å²) in [4.78, 5) is 11.3. The van der Waals surface area contributed by atoms with Crippen molar-refractivity contribution in [1.29, 1.82) is 0 Å². The summed E-state index contributed by atoms with van der Waals surface area (Å²) in [5.41, 5.74) is 1.21. The molecule has 19 heavy (non-hydrogen) atoms. The van der Waals surface area contributed by atoms with Crippen LogP contribution >= 0.6 is 11.6 Å². The Bertz CT molecular complexity index is 595. The van der Waals surface area contributed by atoms with Gasteiger partial charge in [0.25, 0.3) is 5.91 Å². The molecule has 0 aliphatic carbocycles. The lowest BCUT2D eigenvalue weighted by Gasteiger charge is -2.05. The fraction of sp³-hybridized carbons (Fsp3) is 0.231. The van der Waals surface area contributed by atoms with Crippen LogP contribution in [0.4, 0.5) is 0 Å². The van der Waals surface area contributed by atoms with Gasteiger partial charge in [-0.1, -0.05) is 22.8 Å². The predicted molar refractivity (Wildman–Crippen MR) is 70.4 cm³/mol. The minimum Gasteiger partial charge on any atom is -0.485 e. The fourth-order valence-electron chi connectivity index (χ4n) is 1.43. The predicted octanol–water partition coefficient (Wildman–Crippen LogP) is 2.58. The summed E-state index contributed by atoms with van der Waals surface area (Å²) >= 11 is 5.99. The molecule has 0 unspecified atom stereocenters. The number of carbonyl (C=O) groups excluding carboxylic acids is 1. The van der Waals surface area contributed by atoms with Crippen LogP contribution in [0.1, 0.15) is 21.8 Å². The number of rotatable bonds is 4. The zero-order valence-corrected chi connectivity index (χ0v) is 11.3. The molecule has 1 aromatic heterocycles. The van der Waals surface area contributed by atoms with Gasteiger partial charge < -0.3 is 14.6 Å². The number of aromatic nitrogens is 1. The Labute approximate surface area is 115 Å². The molecule has 100 valence electrons. The van der Waals surface area contributed by atoms with Gasteiger partial charge in [-0.2, -0.15) is 0 Å². The number of ether oxygens (including phenoxy) is 1. The number of aryl methyl sites for hydroxylation is 1. The highest BCUT2D eigenvalue weighted by Gasteiger charge is 2.11. The molecule has 0 fully saturated rings. The molecule has 1 heterocycles. The van der Waals surface area contributed by atoms with E-state index in [2.05, 4.69) is 10.5 Å². The van der Waals surface area contributed by atoms with E-state index in [0.29, 0.717) is 16.5 Å². The average Bonchev–Trinajstić information content (AvgIpc) is 2.88. The molecule has 0 radical (unpaired) electrons. The van der Waals surface area contributed by atoms with Gasteiger partial charge in [-0.05, 0) is 24.6 Å². The van der Waals surface area contributed by atoms with Crippen LogP contribution in [0, 0.1) is 6.92 Å². The van der Waals surface area contributed by atoms with Gasteiger partial charge in [0, 0.05) is 18.1 Å². The Kier molecular flexibility index (Phi) is 4.06. The van der Waals surface area contributed by atoms with Crippen LogP contribution < -0.4 is 10.1 Å². The molecule has 0 aliphatic rings. The number of amides is 1. The van der Waals surface area contributed by atoms with Crippen molar-refractivity contribution in [1.82, 2.24) is 10.5 Å². The lowest BCUT2D eigenvalue weighted by atomic mass is 10.2. The molecule has 0 saturated heterocycles. The zero-order chi connectivity index (χ0) is 13.8. The van der Waals surface area contributed by atoms with Crippen molar-refractivity contribution in [3.63, 3.8) is 0 Å². The first-order valence-corrected chi connectivity index (χ1v) is 6.04. The summed E-state index contributed by atoms with van der Waals surface area (Å²) in [5, 5.41) is 6.74. The molecule has 0 bridgehead atoms. The Hall–Kier alpha value is -2.01. The topological polar surface area (TPSA) is 64.4 Å². The molecule has 1 N–H and O–H groups in total. The van der Waals surface area contributed by atoms with Crippen molar-refractivity contribution in [3.8, 4) is 5.75 Å². The van der Waals surface area contributed by atoms with Crippen LogP contribution in [0.2, 0.25) is 5.02 Å². The number of hydrogen-bond donors (Lipinski definition) is 1. The molecule has 0 spiro atoms. The van der Waals surface area contributed by atoms with E-state index in [-0.39, 0.29) is 18.2 Å². The Morgan fingerprint density at radius 2 is 2.26 bits per heavy atom. The van der Waals surface area contributed by atoms with Gasteiger partial charge in [-0.25, -0.2) is 0 Å². The minimum absolute atomic E-state index is 0.184. The Balaban J connectivity index is 2.00. The zero-order valence-electron chi connectivity index (χ0n) is 10.6. The van der Waals surface area contributed by atoms with Crippen molar-refractivity contribution in [2.45, 2.75) is 13.5 Å². The van der Waals surface area contributed by atoms with E-state index >= 15 is 0 Å². The normalized spacial score (nSPS) is 10.3. The summed E-state index contributed by atoms with van der Waals surface area (Å²) in [7, 11) is 1.53. The number of nitrogens with zero attached hydrogens (tertiary/aromatic N) is 1. The number of benzene rings is 1. The lowest BCUT2D eigenvalue weighted by molar-refractivity contribution is 0.0954. The van der Waals surface area contributed by atoms with Gasteiger partial charge in [-0.3, -0.25) is 4.79 Å². The van der Waals surface area contributed by atoms with E-state index in [0.717, 1.165) is 5.56 Å². The van der Waals surface area contributed by atoms with Crippen LogP contribution in [0.5, 0.6) is 5.75 Å². The van der Waals surface area contributed by atoms with Gasteiger partial charge in [-0.15, -0.1) is 0 Å². The van der Waals surface area contributed by atoms with Crippen LogP contribution in [0.3, 0.4) is 0 Å². The van der Waals surface area contributed by atoms with Crippen molar-refractivity contribution >= 4 is 17.5 Å². The Morgan fingerprint density at radius 1 is 1.47 bits per heavy atom. The second-order valence-electron chi connectivity index (χ2n) is 3.96. The van der Waals surface area contributed by atoms with E-state index < -0.39 is 0 Å². The quantitative estimate of drug-likeness (QED) is 0.935. The molecule has 1 aromatic carbocycles. The summed E-state index contributed by atoms with van der Waals surface area (Å²) in [6.07, 6.45) is 0. The number of nitrogens with one attached hydrogen (secondary N) is 1. The summed E-state index contributed by atoms with van der Waals surface area (Å²) in [5.74, 6) is 0.803. The maximum atomic E-state index is 11.3. The van der Waals surface area contributed by atoms with E-state index in [1.54, 1.807) is 6.07 Å². The molecular weight excluding hydrogens is 268 g/mol. The van der Waals surface area contributed by atoms with Crippen molar-refractivity contribution in [2.75, 3.05) is 7.05 Å². The van der Waals surface area contributed by atoms with E-state index in [4.69, 9.17) is 20.9 Å². The summed E-state index contributed by atoms with van der Waals surface area (Å²) in [6, 6.07) is 6.95. The smallest absolute Gasteiger partial charge is 0.273 e. The number of carbonyl (C=O) groups is 1. The van der Waals surface area contributed by atoms with Crippen molar-refractivity contribution < 1.29 is 14.1 Å². The summed E-state index contributed by atoms with van der Waals surface area (Å²) in [6.45, 7) is 2.10. The average molecular weight is 281 g/mol. The van der Waals surface area contributed by atoms with Crippen LogP contribution in [0.25, 0.3) is 0 Å². The number of hydrogen-bond acceptors (Lipinski definition) is 4. The van der Waals surface area contributed by atoms with Crippen molar-refractivity contribution in [2.24, 2.45) is 0 Å². The monoisotopic (exact) mass is 280 g/mol. The van der Waals surface area contributed by atoms with Crippen LogP contribution in [0.15, 0.2) is 28.8 Å². The van der Waals surface area contributed by atoms with Gasteiger partial charge in [0.05, 0.1) is 0 Å². The van der Waals surface area contributed by atoms with Gasteiger partial charge in [0.1, 0.15) is 12.4 Å². The third-order valence-electron chi connectivity index (χ3n) is 2.54. The first kappa shape index (κ1) is 13.4. The van der Waals surface area contributed by atoms with Crippen molar-refractivity contribution in [3.05, 3.63) is 46.3 Å². The molecule has 2 rings (SSSR count). The third-order valence-corrected chi connectivity index (χ3v) is 2.95. The highest BCUT2D eigenvalue weighted by Crippen LogP contribution is 2.22. The molecule has 5 nitrogen and oxygen atoms in total. The SMILES string of the molecule is CNC(=O)c1cc(COc2ccc(C)c(Cl)c2)on1. The maximum absolute atomic E-state index is 11.3. The van der Waals surface area contributed by atoms with Crippen LogP contribution in [-0.2, 0) is 6.61 Å². The molecule has 0 saturated carbocycles.